The summed E-state index contributed by atoms with van der Waals surface area (Å²) in [5.74, 6) is 0. The molecule has 3 rings (SSSR count). The van der Waals surface area contributed by atoms with Crippen molar-refractivity contribution >= 4 is 21.4 Å². The van der Waals surface area contributed by atoms with Crippen molar-refractivity contribution in [2.75, 3.05) is 19.6 Å². The van der Waals surface area contributed by atoms with Gasteiger partial charge >= 0.3 is 0 Å². The second-order valence-corrected chi connectivity index (χ2v) is 8.88. The molecule has 1 aliphatic heterocycles. The zero-order valence-electron chi connectivity index (χ0n) is 13.9. The van der Waals surface area contributed by atoms with E-state index in [1.54, 1.807) is 29.5 Å². The molecule has 1 fully saturated rings. The number of rotatable bonds is 6. The molecule has 0 saturated carbocycles. The number of benzene rings is 1. The Morgan fingerprint density at radius 3 is 2.67 bits per heavy atom. The molecule has 6 heteroatoms. The highest BCUT2D eigenvalue weighted by atomic mass is 32.2. The van der Waals surface area contributed by atoms with E-state index < -0.39 is 10.0 Å². The molecule has 1 unspecified atom stereocenters. The van der Waals surface area contributed by atoms with Crippen molar-refractivity contribution in [2.45, 2.75) is 37.1 Å². The highest BCUT2D eigenvalue weighted by molar-refractivity contribution is 7.89. The van der Waals surface area contributed by atoms with Crippen molar-refractivity contribution < 1.29 is 8.42 Å². The fourth-order valence-electron chi connectivity index (χ4n) is 3.21. The van der Waals surface area contributed by atoms with Crippen molar-refractivity contribution in [1.29, 1.82) is 0 Å². The Labute approximate surface area is 148 Å². The molecule has 1 N–H and O–H groups in total. The summed E-state index contributed by atoms with van der Waals surface area (Å²) in [5, 5.41) is 4.18. The monoisotopic (exact) mass is 364 g/mol. The molecule has 1 aliphatic rings. The smallest absolute Gasteiger partial charge is 0.240 e. The van der Waals surface area contributed by atoms with Crippen molar-refractivity contribution in [1.82, 2.24) is 9.62 Å². The lowest BCUT2D eigenvalue weighted by molar-refractivity contribution is 0.165. The predicted molar refractivity (Wildman–Crippen MR) is 98.9 cm³/mol. The molecule has 0 amide bonds. The molecule has 24 heavy (non-hydrogen) atoms. The van der Waals surface area contributed by atoms with Gasteiger partial charge in [0.05, 0.1) is 4.90 Å². The molecule has 130 valence electrons. The quantitative estimate of drug-likeness (QED) is 0.853. The second kappa shape index (κ2) is 7.78. The van der Waals surface area contributed by atoms with Gasteiger partial charge in [-0.15, -0.1) is 0 Å². The Morgan fingerprint density at radius 2 is 2.00 bits per heavy atom. The van der Waals surface area contributed by atoms with Crippen LogP contribution in [0.2, 0.25) is 0 Å². The zero-order chi connectivity index (χ0) is 17.0. The van der Waals surface area contributed by atoms with Crippen LogP contribution in [0, 0.1) is 6.92 Å². The average molecular weight is 365 g/mol. The summed E-state index contributed by atoms with van der Waals surface area (Å²) < 4.78 is 28.1. The maximum absolute atomic E-state index is 12.6. The summed E-state index contributed by atoms with van der Waals surface area (Å²) in [6.07, 6.45) is 3.64. The van der Waals surface area contributed by atoms with Crippen LogP contribution in [-0.4, -0.2) is 33.0 Å². The largest absolute Gasteiger partial charge is 0.295 e. The number of aryl methyl sites for hydroxylation is 1. The Balaban J connectivity index is 1.75. The molecule has 4 nitrogen and oxygen atoms in total. The molecule has 2 aromatic rings. The van der Waals surface area contributed by atoms with Gasteiger partial charge in [0.15, 0.2) is 0 Å². The van der Waals surface area contributed by atoms with Gasteiger partial charge in [0, 0.05) is 12.6 Å². The van der Waals surface area contributed by atoms with E-state index in [0.717, 1.165) is 18.7 Å². The number of nitrogens with zero attached hydrogens (tertiary/aromatic N) is 1. The van der Waals surface area contributed by atoms with Crippen molar-refractivity contribution in [3.63, 3.8) is 0 Å². The minimum Gasteiger partial charge on any atom is -0.295 e. The molecule has 0 spiro atoms. The van der Waals surface area contributed by atoms with Gasteiger partial charge in [-0.2, -0.15) is 11.3 Å². The highest BCUT2D eigenvalue weighted by Gasteiger charge is 2.25. The van der Waals surface area contributed by atoms with E-state index in [1.165, 1.54) is 24.8 Å². The fraction of sp³-hybridized carbons (Fsp3) is 0.444. The average Bonchev–Trinajstić information content (AvgIpc) is 3.10. The van der Waals surface area contributed by atoms with Gasteiger partial charge in [0.1, 0.15) is 0 Å². The summed E-state index contributed by atoms with van der Waals surface area (Å²) in [6.45, 7) is 4.38. The van der Waals surface area contributed by atoms with E-state index in [4.69, 9.17) is 0 Å². The molecule has 2 heterocycles. The standard InChI is InChI=1S/C18H24N2O2S2/c1-15-6-5-7-17(12-15)24(21,22)19-13-18(16-8-11-23-14-16)20-9-3-2-4-10-20/h5-8,11-12,14,18-19H,2-4,9-10,13H2,1H3. The molecule has 1 aromatic carbocycles. The minimum absolute atomic E-state index is 0.108. The second-order valence-electron chi connectivity index (χ2n) is 6.34. The normalized spacial score (nSPS) is 17.7. The third-order valence-corrected chi connectivity index (χ3v) is 6.65. The number of piperidine rings is 1. The van der Waals surface area contributed by atoms with Crippen LogP contribution >= 0.6 is 11.3 Å². The molecular formula is C18H24N2O2S2. The Bertz CT molecular complexity index is 751. The summed E-state index contributed by atoms with van der Waals surface area (Å²) in [5.41, 5.74) is 2.15. The van der Waals surface area contributed by atoms with Crippen LogP contribution in [0.4, 0.5) is 0 Å². The van der Waals surface area contributed by atoms with Gasteiger partial charge < -0.3 is 0 Å². The van der Waals surface area contributed by atoms with Gasteiger partial charge in [-0.05, 0) is 72.9 Å². The molecule has 0 bridgehead atoms. The van der Waals surface area contributed by atoms with E-state index in [1.807, 2.05) is 13.0 Å². The number of thiophene rings is 1. The maximum Gasteiger partial charge on any atom is 0.240 e. The van der Waals surface area contributed by atoms with Crippen molar-refractivity contribution in [3.8, 4) is 0 Å². The first kappa shape index (κ1) is 17.6. The lowest BCUT2D eigenvalue weighted by atomic mass is 10.0. The number of likely N-dealkylation sites (tertiary alicyclic amines) is 1. The topological polar surface area (TPSA) is 49.4 Å². The van der Waals surface area contributed by atoms with Gasteiger partial charge in [-0.25, -0.2) is 13.1 Å². The third-order valence-electron chi connectivity index (χ3n) is 4.53. The Hall–Kier alpha value is -1.21. The Morgan fingerprint density at radius 1 is 1.21 bits per heavy atom. The van der Waals surface area contributed by atoms with E-state index in [2.05, 4.69) is 26.4 Å². The van der Waals surface area contributed by atoms with Crippen molar-refractivity contribution in [2.24, 2.45) is 0 Å². The number of hydrogen-bond donors (Lipinski definition) is 1. The molecular weight excluding hydrogens is 340 g/mol. The zero-order valence-corrected chi connectivity index (χ0v) is 15.6. The third kappa shape index (κ3) is 4.25. The fourth-order valence-corrected chi connectivity index (χ4v) is 5.06. The number of sulfonamides is 1. The lowest BCUT2D eigenvalue weighted by Crippen LogP contribution is -2.40. The first-order valence-electron chi connectivity index (χ1n) is 8.39. The lowest BCUT2D eigenvalue weighted by Gasteiger charge is -2.34. The summed E-state index contributed by atoms with van der Waals surface area (Å²) in [4.78, 5) is 2.75. The Kier molecular flexibility index (Phi) is 5.71. The van der Waals surface area contributed by atoms with E-state index in [-0.39, 0.29) is 6.04 Å². The van der Waals surface area contributed by atoms with E-state index in [0.29, 0.717) is 11.4 Å². The molecule has 1 aromatic heterocycles. The summed E-state index contributed by atoms with van der Waals surface area (Å²) in [7, 11) is -3.48. The van der Waals surface area contributed by atoms with Crippen LogP contribution in [0.3, 0.4) is 0 Å². The number of nitrogens with one attached hydrogen (secondary N) is 1. The first-order chi connectivity index (χ1) is 11.6. The van der Waals surface area contributed by atoms with Crippen molar-refractivity contribution in [3.05, 3.63) is 52.2 Å². The summed E-state index contributed by atoms with van der Waals surface area (Å²) >= 11 is 1.66. The first-order valence-corrected chi connectivity index (χ1v) is 10.8. The number of hydrogen-bond acceptors (Lipinski definition) is 4. The van der Waals surface area contributed by atoms with E-state index >= 15 is 0 Å². The predicted octanol–water partition coefficient (Wildman–Crippen LogP) is 3.56. The molecule has 1 saturated heterocycles. The highest BCUT2D eigenvalue weighted by Crippen LogP contribution is 2.26. The van der Waals surface area contributed by atoms with Crippen LogP contribution in [0.5, 0.6) is 0 Å². The maximum atomic E-state index is 12.6. The minimum atomic E-state index is -3.48. The summed E-state index contributed by atoms with van der Waals surface area (Å²) in [6, 6.07) is 9.26. The SMILES string of the molecule is Cc1cccc(S(=O)(=O)NCC(c2ccsc2)N2CCCCC2)c1. The van der Waals surface area contributed by atoms with Crippen LogP contribution in [0.1, 0.15) is 36.4 Å². The van der Waals surface area contributed by atoms with Gasteiger partial charge in [0.25, 0.3) is 0 Å². The van der Waals surface area contributed by atoms with E-state index in [9.17, 15) is 8.42 Å². The van der Waals surface area contributed by atoms with Crippen LogP contribution < -0.4 is 4.72 Å². The molecule has 1 atom stereocenters. The molecule has 0 aliphatic carbocycles. The van der Waals surface area contributed by atoms with Crippen LogP contribution in [0.15, 0.2) is 46.0 Å². The van der Waals surface area contributed by atoms with Gasteiger partial charge in [0.2, 0.25) is 10.0 Å². The molecule has 0 radical (unpaired) electrons. The van der Waals surface area contributed by atoms with Gasteiger partial charge in [-0.3, -0.25) is 4.90 Å². The van der Waals surface area contributed by atoms with Crippen LogP contribution in [0.25, 0.3) is 0 Å². The van der Waals surface area contributed by atoms with Gasteiger partial charge in [-0.1, -0.05) is 18.6 Å². The van der Waals surface area contributed by atoms with Crippen LogP contribution in [-0.2, 0) is 10.0 Å².